The van der Waals surface area contributed by atoms with E-state index in [1.807, 2.05) is 19.9 Å². The molecule has 0 spiro atoms. The Morgan fingerprint density at radius 2 is 2.00 bits per heavy atom. The highest BCUT2D eigenvalue weighted by molar-refractivity contribution is 9.11. The van der Waals surface area contributed by atoms with Crippen LogP contribution >= 0.6 is 31.9 Å². The number of hydrogen-bond acceptors (Lipinski definition) is 4. The largest absolute Gasteiger partial charge is 0.506 e. The number of aromatic hydroxyl groups is 1. The normalized spacial score (nSPS) is 11.1. The predicted octanol–water partition coefficient (Wildman–Crippen LogP) is 2.88. The fraction of sp³-hybridized carbons (Fsp3) is 0.214. The molecule has 2 N–H and O–H groups in total. The van der Waals surface area contributed by atoms with Gasteiger partial charge in [0.2, 0.25) is 0 Å². The smallest absolute Gasteiger partial charge is 0.261 e. The third kappa shape index (κ3) is 4.17. The van der Waals surface area contributed by atoms with Gasteiger partial charge in [-0.25, -0.2) is 5.43 Å². The van der Waals surface area contributed by atoms with Crippen molar-refractivity contribution in [2.45, 2.75) is 20.4 Å². The molecule has 22 heavy (non-hydrogen) atoms. The minimum absolute atomic E-state index is 0.111. The van der Waals surface area contributed by atoms with Crippen LogP contribution in [0.3, 0.4) is 0 Å². The summed E-state index contributed by atoms with van der Waals surface area (Å²) in [6.45, 7) is 3.88. The summed E-state index contributed by atoms with van der Waals surface area (Å²) in [5, 5.41) is 17.7. The molecular weight excluding hydrogens is 416 g/mol. The Balaban J connectivity index is 1.97. The summed E-state index contributed by atoms with van der Waals surface area (Å²) in [4.78, 5) is 11.8. The molecule has 0 bridgehead atoms. The molecule has 6 nitrogen and oxygen atoms in total. The lowest BCUT2D eigenvalue weighted by molar-refractivity contribution is -0.121. The van der Waals surface area contributed by atoms with Crippen molar-refractivity contribution in [2.24, 2.45) is 5.10 Å². The molecule has 2 aromatic rings. The number of carbonyl (C=O) groups excluding carboxylic acids is 1. The highest BCUT2D eigenvalue weighted by Gasteiger charge is 2.07. The second-order valence-electron chi connectivity index (χ2n) is 4.71. The standard InChI is InChI=1S/C14H14Br2N4O2/c1-8-3-9(2)20(19-8)7-13(21)18-17-6-10-4-11(15)14(22)12(16)5-10/h3-6,22H,7H2,1-2H3,(H,18,21)/b17-6+. The van der Waals surface area contributed by atoms with Gasteiger partial charge in [-0.2, -0.15) is 10.2 Å². The molecule has 1 heterocycles. The van der Waals surface area contributed by atoms with Crippen LogP contribution in [0.4, 0.5) is 0 Å². The Hall–Kier alpha value is -1.67. The maximum atomic E-state index is 11.8. The fourth-order valence-corrected chi connectivity index (χ4v) is 3.07. The van der Waals surface area contributed by atoms with Gasteiger partial charge in [0.25, 0.3) is 5.91 Å². The van der Waals surface area contributed by atoms with E-state index in [1.54, 1.807) is 16.8 Å². The van der Waals surface area contributed by atoms with Gasteiger partial charge in [-0.1, -0.05) is 0 Å². The Labute approximate surface area is 144 Å². The molecular formula is C14H14Br2N4O2. The number of hydrogen-bond donors (Lipinski definition) is 2. The summed E-state index contributed by atoms with van der Waals surface area (Å²) in [5.41, 5.74) is 4.96. The predicted molar refractivity (Wildman–Crippen MR) is 90.9 cm³/mol. The van der Waals surface area contributed by atoms with Crippen molar-refractivity contribution in [1.29, 1.82) is 0 Å². The molecule has 0 atom stereocenters. The average molecular weight is 430 g/mol. The zero-order valence-electron chi connectivity index (χ0n) is 12.0. The summed E-state index contributed by atoms with van der Waals surface area (Å²) in [6.07, 6.45) is 1.49. The number of benzene rings is 1. The number of aromatic nitrogens is 2. The fourth-order valence-electron chi connectivity index (χ4n) is 1.84. The second-order valence-corrected chi connectivity index (χ2v) is 6.42. The van der Waals surface area contributed by atoms with Crippen molar-refractivity contribution in [3.05, 3.63) is 44.1 Å². The van der Waals surface area contributed by atoms with Gasteiger partial charge in [0, 0.05) is 5.69 Å². The van der Waals surface area contributed by atoms with E-state index in [-0.39, 0.29) is 18.2 Å². The van der Waals surface area contributed by atoms with Crippen LogP contribution in [0, 0.1) is 13.8 Å². The van der Waals surface area contributed by atoms with E-state index in [0.717, 1.165) is 17.0 Å². The number of halogens is 2. The van der Waals surface area contributed by atoms with E-state index >= 15 is 0 Å². The monoisotopic (exact) mass is 428 g/mol. The van der Waals surface area contributed by atoms with Crippen molar-refractivity contribution in [1.82, 2.24) is 15.2 Å². The average Bonchev–Trinajstić information content (AvgIpc) is 2.74. The number of nitrogens with one attached hydrogen (secondary N) is 1. The molecule has 1 amide bonds. The molecule has 116 valence electrons. The van der Waals surface area contributed by atoms with Crippen LogP contribution in [0.1, 0.15) is 17.0 Å². The lowest BCUT2D eigenvalue weighted by atomic mass is 10.2. The summed E-state index contributed by atoms with van der Waals surface area (Å²) in [7, 11) is 0. The molecule has 1 aromatic carbocycles. The van der Waals surface area contributed by atoms with Gasteiger partial charge in [-0.15, -0.1) is 0 Å². The van der Waals surface area contributed by atoms with Gasteiger partial charge < -0.3 is 5.11 Å². The number of phenols is 1. The maximum absolute atomic E-state index is 11.8. The minimum Gasteiger partial charge on any atom is -0.506 e. The van der Waals surface area contributed by atoms with Gasteiger partial charge in [0.05, 0.1) is 20.9 Å². The summed E-state index contributed by atoms with van der Waals surface area (Å²) >= 11 is 6.46. The summed E-state index contributed by atoms with van der Waals surface area (Å²) < 4.78 is 2.70. The molecule has 0 saturated carbocycles. The minimum atomic E-state index is -0.264. The quantitative estimate of drug-likeness (QED) is 0.579. The second kappa shape index (κ2) is 7.06. The zero-order valence-corrected chi connectivity index (χ0v) is 15.1. The number of nitrogens with zero attached hydrogens (tertiary/aromatic N) is 3. The van der Waals surface area contributed by atoms with Crippen molar-refractivity contribution in [3.8, 4) is 5.75 Å². The molecule has 0 aliphatic heterocycles. The van der Waals surface area contributed by atoms with Gasteiger partial charge >= 0.3 is 0 Å². The molecule has 0 unspecified atom stereocenters. The van der Waals surface area contributed by atoms with E-state index in [9.17, 15) is 9.90 Å². The highest BCUT2D eigenvalue weighted by Crippen LogP contribution is 2.32. The highest BCUT2D eigenvalue weighted by atomic mass is 79.9. The van der Waals surface area contributed by atoms with Crippen LogP contribution in [-0.2, 0) is 11.3 Å². The van der Waals surface area contributed by atoms with Crippen molar-refractivity contribution < 1.29 is 9.90 Å². The van der Waals surface area contributed by atoms with Gasteiger partial charge in [0.15, 0.2) is 0 Å². The van der Waals surface area contributed by atoms with Crippen LogP contribution in [-0.4, -0.2) is 27.0 Å². The van der Waals surface area contributed by atoms with Gasteiger partial charge in [0.1, 0.15) is 12.3 Å². The number of aryl methyl sites for hydroxylation is 2. The van der Waals surface area contributed by atoms with Crippen molar-refractivity contribution in [3.63, 3.8) is 0 Å². The van der Waals surface area contributed by atoms with Crippen molar-refractivity contribution >= 4 is 44.0 Å². The van der Waals surface area contributed by atoms with Crippen LogP contribution in [0.15, 0.2) is 32.2 Å². The number of rotatable bonds is 4. The van der Waals surface area contributed by atoms with E-state index < -0.39 is 0 Å². The number of phenolic OH excluding ortho intramolecular Hbond substituents is 1. The first kappa shape index (κ1) is 16.7. The lowest BCUT2D eigenvalue weighted by Gasteiger charge is -2.03. The van der Waals surface area contributed by atoms with E-state index in [2.05, 4.69) is 47.5 Å². The van der Waals surface area contributed by atoms with Crippen LogP contribution in [0.25, 0.3) is 0 Å². The number of amides is 1. The Morgan fingerprint density at radius 3 is 2.55 bits per heavy atom. The number of hydrazone groups is 1. The van der Waals surface area contributed by atoms with E-state index in [1.165, 1.54) is 6.21 Å². The van der Waals surface area contributed by atoms with E-state index in [0.29, 0.717) is 8.95 Å². The van der Waals surface area contributed by atoms with Gasteiger partial charge in [-0.05, 0) is 69.5 Å². The van der Waals surface area contributed by atoms with Crippen LogP contribution < -0.4 is 5.43 Å². The third-order valence-corrected chi connectivity index (χ3v) is 4.05. The first-order valence-electron chi connectivity index (χ1n) is 6.38. The molecule has 8 heteroatoms. The Kier molecular flexibility index (Phi) is 5.36. The maximum Gasteiger partial charge on any atom is 0.261 e. The molecule has 0 aliphatic carbocycles. The Morgan fingerprint density at radius 1 is 1.36 bits per heavy atom. The molecule has 1 aromatic heterocycles. The SMILES string of the molecule is Cc1cc(C)n(CC(=O)N/N=C/c2cc(Br)c(O)c(Br)c2)n1. The molecule has 0 radical (unpaired) electrons. The van der Waals surface area contributed by atoms with E-state index in [4.69, 9.17) is 0 Å². The summed E-state index contributed by atoms with van der Waals surface area (Å²) in [6, 6.07) is 5.29. The summed E-state index contributed by atoms with van der Waals surface area (Å²) in [5.74, 6) is -0.148. The first-order chi connectivity index (χ1) is 10.4. The first-order valence-corrected chi connectivity index (χ1v) is 7.96. The molecule has 2 rings (SSSR count). The van der Waals surface area contributed by atoms with Crippen molar-refractivity contribution in [2.75, 3.05) is 0 Å². The topological polar surface area (TPSA) is 79.5 Å². The molecule has 0 aliphatic rings. The third-order valence-electron chi connectivity index (χ3n) is 2.84. The molecule has 0 saturated heterocycles. The van der Waals surface area contributed by atoms with Gasteiger partial charge in [-0.3, -0.25) is 9.48 Å². The van der Waals surface area contributed by atoms with Crippen LogP contribution in [0.2, 0.25) is 0 Å². The number of carbonyl (C=O) groups is 1. The molecule has 0 fully saturated rings. The zero-order chi connectivity index (χ0) is 16.3. The van der Waals surface area contributed by atoms with Crippen LogP contribution in [0.5, 0.6) is 5.75 Å². The Bertz CT molecular complexity index is 717. The lowest BCUT2D eigenvalue weighted by Crippen LogP contribution is -2.24.